The molecule has 1 rings (SSSR count). The topological polar surface area (TPSA) is 64.6 Å². The minimum Gasteiger partial charge on any atom is -0.352 e. The number of rotatable bonds is 8. The molecule has 0 amide bonds. The van der Waals surface area contributed by atoms with Gasteiger partial charge in [-0.25, -0.2) is 17.5 Å². The van der Waals surface area contributed by atoms with Crippen molar-refractivity contribution in [1.82, 2.24) is 4.72 Å². The van der Waals surface area contributed by atoms with E-state index >= 15 is 0 Å². The first-order valence-corrected chi connectivity index (χ1v) is 8.36. The van der Waals surface area contributed by atoms with Crippen molar-refractivity contribution < 1.29 is 22.3 Å². The normalized spacial score (nSPS) is 12.1. The predicted molar refractivity (Wildman–Crippen MR) is 76.3 cm³/mol. The Hall–Kier alpha value is -0.540. The first-order chi connectivity index (χ1) is 9.40. The number of hydrogen-bond acceptors (Lipinski definition) is 4. The number of sulfonamides is 1. The van der Waals surface area contributed by atoms with Crippen molar-refractivity contribution in [2.24, 2.45) is 0 Å². The molecule has 0 aliphatic carbocycles. The van der Waals surface area contributed by atoms with Gasteiger partial charge in [0.1, 0.15) is 5.82 Å². The van der Waals surface area contributed by atoms with Crippen molar-refractivity contribution in [2.45, 2.75) is 25.0 Å². The fourth-order valence-electron chi connectivity index (χ4n) is 1.49. The summed E-state index contributed by atoms with van der Waals surface area (Å²) in [6.45, 7) is 4.38. The van der Waals surface area contributed by atoms with E-state index in [-0.39, 0.29) is 15.9 Å². The van der Waals surface area contributed by atoms with E-state index in [9.17, 15) is 12.8 Å². The van der Waals surface area contributed by atoms with Crippen LogP contribution in [-0.4, -0.2) is 34.5 Å². The summed E-state index contributed by atoms with van der Waals surface area (Å²) in [5, 5.41) is 0. The number of ether oxygens (including phenoxy) is 2. The van der Waals surface area contributed by atoms with Crippen LogP contribution in [0.4, 0.5) is 4.39 Å². The molecule has 20 heavy (non-hydrogen) atoms. The SMILES string of the molecule is CCOC(CNS(=O)(=O)c1ccc(F)cc1Br)OCC. The van der Waals surface area contributed by atoms with E-state index in [0.29, 0.717) is 13.2 Å². The molecule has 5 nitrogen and oxygen atoms in total. The summed E-state index contributed by atoms with van der Waals surface area (Å²) in [5.74, 6) is -0.516. The maximum atomic E-state index is 13.0. The van der Waals surface area contributed by atoms with Crippen LogP contribution in [0.5, 0.6) is 0 Å². The molecule has 1 aromatic carbocycles. The van der Waals surface area contributed by atoms with Crippen LogP contribution in [0.3, 0.4) is 0 Å². The fraction of sp³-hybridized carbons (Fsp3) is 0.500. The molecule has 0 heterocycles. The van der Waals surface area contributed by atoms with E-state index in [0.717, 1.165) is 12.1 Å². The molecule has 0 saturated heterocycles. The Kier molecular flexibility index (Phi) is 7.04. The van der Waals surface area contributed by atoms with E-state index in [1.807, 2.05) is 0 Å². The monoisotopic (exact) mass is 369 g/mol. The Balaban J connectivity index is 2.78. The summed E-state index contributed by atoms with van der Waals surface area (Å²) < 4.78 is 50.2. The van der Waals surface area contributed by atoms with Crippen LogP contribution < -0.4 is 4.72 Å². The van der Waals surface area contributed by atoms with Crippen LogP contribution >= 0.6 is 15.9 Å². The molecule has 0 spiro atoms. The van der Waals surface area contributed by atoms with Crippen molar-refractivity contribution in [3.05, 3.63) is 28.5 Å². The summed E-state index contributed by atoms with van der Waals surface area (Å²) in [6.07, 6.45) is -0.654. The highest BCUT2D eigenvalue weighted by Crippen LogP contribution is 2.22. The highest BCUT2D eigenvalue weighted by atomic mass is 79.9. The standard InChI is InChI=1S/C12H17BrFNO4S/c1-3-18-12(19-4-2)8-15-20(16,17)11-6-5-9(14)7-10(11)13/h5-7,12,15H,3-4,8H2,1-2H3. The van der Waals surface area contributed by atoms with Crippen LogP contribution in [0.25, 0.3) is 0 Å². The number of benzene rings is 1. The summed E-state index contributed by atoms with van der Waals surface area (Å²) in [6, 6.07) is 3.37. The molecule has 1 aromatic rings. The average molecular weight is 370 g/mol. The van der Waals surface area contributed by atoms with E-state index < -0.39 is 22.1 Å². The van der Waals surface area contributed by atoms with Crippen molar-refractivity contribution in [3.63, 3.8) is 0 Å². The average Bonchev–Trinajstić information content (AvgIpc) is 2.36. The molecule has 8 heteroatoms. The lowest BCUT2D eigenvalue weighted by Crippen LogP contribution is -2.35. The van der Waals surface area contributed by atoms with Crippen LogP contribution in [0.2, 0.25) is 0 Å². The molecule has 0 aromatic heterocycles. The van der Waals surface area contributed by atoms with Gasteiger partial charge in [0.15, 0.2) is 6.29 Å². The fourth-order valence-corrected chi connectivity index (χ4v) is 3.55. The Morgan fingerprint density at radius 3 is 2.40 bits per heavy atom. The summed E-state index contributed by atoms with van der Waals surface area (Å²) in [4.78, 5) is -0.0364. The summed E-state index contributed by atoms with van der Waals surface area (Å²) >= 11 is 3.03. The molecule has 1 N–H and O–H groups in total. The van der Waals surface area contributed by atoms with Gasteiger partial charge in [0.2, 0.25) is 10.0 Å². The molecule has 0 aliphatic rings. The first kappa shape index (κ1) is 17.5. The van der Waals surface area contributed by atoms with Gasteiger partial charge in [-0.2, -0.15) is 0 Å². The molecule has 0 radical (unpaired) electrons. The smallest absolute Gasteiger partial charge is 0.241 e. The van der Waals surface area contributed by atoms with Crippen molar-refractivity contribution in [3.8, 4) is 0 Å². The second-order valence-corrected chi connectivity index (χ2v) is 6.36. The third-order valence-corrected chi connectivity index (χ3v) is 4.73. The zero-order valence-electron chi connectivity index (χ0n) is 11.2. The van der Waals surface area contributed by atoms with Gasteiger partial charge in [0.25, 0.3) is 0 Å². The van der Waals surface area contributed by atoms with Gasteiger partial charge in [0, 0.05) is 17.7 Å². The number of nitrogens with one attached hydrogen (secondary N) is 1. The van der Waals surface area contributed by atoms with E-state index in [1.165, 1.54) is 6.07 Å². The zero-order valence-corrected chi connectivity index (χ0v) is 13.6. The van der Waals surface area contributed by atoms with Crippen molar-refractivity contribution in [1.29, 1.82) is 0 Å². The van der Waals surface area contributed by atoms with Crippen LogP contribution in [0.15, 0.2) is 27.6 Å². The third-order valence-electron chi connectivity index (χ3n) is 2.33. The molecule has 0 unspecified atom stereocenters. The Morgan fingerprint density at radius 2 is 1.90 bits per heavy atom. The van der Waals surface area contributed by atoms with Gasteiger partial charge in [-0.3, -0.25) is 0 Å². The van der Waals surface area contributed by atoms with Crippen LogP contribution in [-0.2, 0) is 19.5 Å². The lowest BCUT2D eigenvalue weighted by atomic mass is 10.3. The van der Waals surface area contributed by atoms with Gasteiger partial charge in [-0.05, 0) is 48.0 Å². The molecular weight excluding hydrogens is 353 g/mol. The van der Waals surface area contributed by atoms with E-state index in [2.05, 4.69) is 20.7 Å². The predicted octanol–water partition coefficient (Wildman–Crippen LogP) is 2.27. The molecule has 0 fully saturated rings. The number of hydrogen-bond donors (Lipinski definition) is 1. The highest BCUT2D eigenvalue weighted by molar-refractivity contribution is 9.10. The Morgan fingerprint density at radius 1 is 1.30 bits per heavy atom. The van der Waals surface area contributed by atoms with E-state index in [1.54, 1.807) is 13.8 Å². The molecule has 0 bridgehead atoms. The minimum atomic E-state index is -3.76. The minimum absolute atomic E-state index is 0.0200. The largest absolute Gasteiger partial charge is 0.352 e. The van der Waals surface area contributed by atoms with Gasteiger partial charge in [-0.15, -0.1) is 0 Å². The van der Waals surface area contributed by atoms with Gasteiger partial charge in [-0.1, -0.05) is 0 Å². The Bertz CT molecular complexity index is 532. The van der Waals surface area contributed by atoms with Crippen LogP contribution in [0.1, 0.15) is 13.8 Å². The van der Waals surface area contributed by atoms with Gasteiger partial charge >= 0.3 is 0 Å². The third kappa shape index (κ3) is 5.10. The lowest BCUT2D eigenvalue weighted by Gasteiger charge is -2.17. The Labute approximate surface area is 126 Å². The molecule has 0 atom stereocenters. The maximum absolute atomic E-state index is 13.0. The quantitative estimate of drug-likeness (QED) is 0.713. The highest BCUT2D eigenvalue weighted by Gasteiger charge is 2.20. The second-order valence-electron chi connectivity index (χ2n) is 3.77. The van der Waals surface area contributed by atoms with E-state index in [4.69, 9.17) is 9.47 Å². The van der Waals surface area contributed by atoms with Gasteiger partial charge in [0.05, 0.1) is 11.4 Å². The molecule has 0 aliphatic heterocycles. The zero-order chi connectivity index (χ0) is 15.2. The van der Waals surface area contributed by atoms with Crippen LogP contribution in [0, 0.1) is 5.82 Å². The maximum Gasteiger partial charge on any atom is 0.241 e. The van der Waals surface area contributed by atoms with Crippen molar-refractivity contribution >= 4 is 26.0 Å². The molecule has 114 valence electrons. The molecule has 0 saturated carbocycles. The summed E-state index contributed by atoms with van der Waals surface area (Å²) in [5.41, 5.74) is 0. The van der Waals surface area contributed by atoms with Crippen molar-refractivity contribution in [2.75, 3.05) is 19.8 Å². The van der Waals surface area contributed by atoms with Gasteiger partial charge < -0.3 is 9.47 Å². The molecular formula is C12H17BrFNO4S. The first-order valence-electron chi connectivity index (χ1n) is 6.08. The second kappa shape index (κ2) is 8.04. The summed E-state index contributed by atoms with van der Waals surface area (Å²) in [7, 11) is -3.76. The lowest BCUT2D eigenvalue weighted by molar-refractivity contribution is -0.130. The number of halogens is 2.